The van der Waals surface area contributed by atoms with Gasteiger partial charge in [-0.15, -0.1) is 0 Å². The summed E-state index contributed by atoms with van der Waals surface area (Å²) in [6.07, 6.45) is 9.90. The number of fused-ring (bicyclic) bond motifs is 2. The van der Waals surface area contributed by atoms with E-state index in [1.807, 2.05) is 57.9 Å². The van der Waals surface area contributed by atoms with Crippen molar-refractivity contribution in [2.45, 2.75) is 139 Å². The van der Waals surface area contributed by atoms with E-state index in [0.717, 1.165) is 58.9 Å². The van der Waals surface area contributed by atoms with E-state index in [0.29, 0.717) is 49.7 Å². The van der Waals surface area contributed by atoms with Crippen molar-refractivity contribution < 1.29 is 46.1 Å². The van der Waals surface area contributed by atoms with Gasteiger partial charge in [0.25, 0.3) is 11.8 Å². The number of rotatable bonds is 14. The normalized spacial score (nSPS) is 21.1. The highest BCUT2D eigenvalue weighted by atomic mass is 19.4. The zero-order chi connectivity index (χ0) is 47.3. The van der Waals surface area contributed by atoms with Crippen LogP contribution in [0.25, 0.3) is 33.2 Å². The Kier molecular flexibility index (Phi) is 14.7. The van der Waals surface area contributed by atoms with Crippen LogP contribution in [0.4, 0.5) is 26.3 Å². The monoisotopic (exact) mass is 924 g/mol. The Labute approximate surface area is 378 Å². The molecule has 6 N–H and O–H groups in total. The van der Waals surface area contributed by atoms with Gasteiger partial charge in [-0.25, -0.2) is 9.97 Å². The lowest BCUT2D eigenvalue weighted by atomic mass is 9.80. The molecular formula is C48H58F6N8O4. The highest BCUT2D eigenvalue weighted by Gasteiger charge is 2.53. The van der Waals surface area contributed by atoms with E-state index in [2.05, 4.69) is 30.6 Å². The predicted molar refractivity (Wildman–Crippen MR) is 238 cm³/mol. The summed E-state index contributed by atoms with van der Waals surface area (Å²) in [6, 6.07) is 11.4. The number of hydrogen-bond donors (Lipinski definition) is 6. The second kappa shape index (κ2) is 20.1. The number of carbonyl (C=O) groups is 2. The highest BCUT2D eigenvalue weighted by molar-refractivity contribution is 6.07. The van der Waals surface area contributed by atoms with E-state index in [-0.39, 0.29) is 61.4 Å². The minimum absolute atomic E-state index is 0.0247. The van der Waals surface area contributed by atoms with Crippen molar-refractivity contribution in [1.82, 2.24) is 39.7 Å². The van der Waals surface area contributed by atoms with E-state index in [4.69, 9.17) is 0 Å². The Balaban J connectivity index is 0.000000196. The molecule has 6 aromatic rings. The fourth-order valence-corrected chi connectivity index (χ4v) is 9.43. The first-order valence-electron chi connectivity index (χ1n) is 22.8. The summed E-state index contributed by atoms with van der Waals surface area (Å²) in [5, 5.41) is 28.0. The number of nitrogens with zero attached hydrogens (tertiary/aromatic N) is 4. The number of nitrogens with one attached hydrogen (secondary N) is 4. The molecule has 12 nitrogen and oxygen atoms in total. The molecule has 2 aliphatic carbocycles. The minimum atomic E-state index is -4.61. The molecule has 2 atom stereocenters. The van der Waals surface area contributed by atoms with Crippen LogP contribution >= 0.6 is 0 Å². The standard InChI is InChI=1S/2C24H29F3N4O2/c2*1-2-23(33,24(25,26)27)9-7-16-3-5-18(6-4-16)30-22(32)20-14-19(31-12-11-28-15-31)13-17-8-10-29-21(17)20/h2*8,10-16,18,29,33H,2-7,9H2,1H3,(H,30,32). The molecule has 18 heteroatoms. The van der Waals surface area contributed by atoms with Crippen molar-refractivity contribution in [2.24, 2.45) is 11.8 Å². The lowest BCUT2D eigenvalue weighted by molar-refractivity contribution is -0.264. The first kappa shape index (κ1) is 48.3. The SMILES string of the molecule is CCC(O)(CCC1CCC(NC(=O)c2cc(-n3ccnc3)cc3cc[nH]c23)CC1)C(F)(F)F.CCC(O)(CCC1CCC(NC(=O)c2cc(-n3ccnc3)cc3cc[nH]c23)CC1)C(F)(F)F. The Morgan fingerprint density at radius 1 is 0.636 bits per heavy atom. The number of amides is 2. The van der Waals surface area contributed by atoms with Gasteiger partial charge in [0.15, 0.2) is 11.2 Å². The van der Waals surface area contributed by atoms with E-state index in [9.17, 15) is 46.1 Å². The van der Waals surface area contributed by atoms with Gasteiger partial charge in [0, 0.05) is 71.4 Å². The Hall–Kier alpha value is -5.62. The number of aromatic amines is 2. The molecular weight excluding hydrogens is 867 g/mol. The van der Waals surface area contributed by atoms with Crippen molar-refractivity contribution in [3.8, 4) is 11.4 Å². The quantitative estimate of drug-likeness (QED) is 0.0595. The number of benzene rings is 2. The number of H-pyrrole nitrogens is 2. The van der Waals surface area contributed by atoms with Crippen LogP contribution in [-0.4, -0.2) is 86.7 Å². The number of aromatic nitrogens is 6. The number of imidazole rings is 2. The number of carbonyl (C=O) groups excluding carboxylic acids is 2. The third-order valence-electron chi connectivity index (χ3n) is 13.9. The molecule has 0 aliphatic heterocycles. The Morgan fingerprint density at radius 2 is 1.02 bits per heavy atom. The summed E-state index contributed by atoms with van der Waals surface area (Å²) >= 11 is 0. The molecule has 0 spiro atoms. The van der Waals surface area contributed by atoms with Gasteiger partial charge >= 0.3 is 12.4 Å². The lowest BCUT2D eigenvalue weighted by Gasteiger charge is -2.33. The van der Waals surface area contributed by atoms with Crippen LogP contribution in [0.1, 0.15) is 124 Å². The number of halogens is 6. The van der Waals surface area contributed by atoms with Gasteiger partial charge in [0.2, 0.25) is 0 Å². The molecule has 0 bridgehead atoms. The first-order chi connectivity index (χ1) is 31.4. The van der Waals surface area contributed by atoms with Gasteiger partial charge in [-0.3, -0.25) is 9.59 Å². The third-order valence-corrected chi connectivity index (χ3v) is 13.9. The summed E-state index contributed by atoms with van der Waals surface area (Å²) in [5.74, 6) is -0.105. The molecule has 0 radical (unpaired) electrons. The van der Waals surface area contributed by atoms with Crippen LogP contribution in [0, 0.1) is 11.8 Å². The molecule has 4 aromatic heterocycles. The van der Waals surface area contributed by atoms with E-state index < -0.39 is 23.6 Å². The zero-order valence-corrected chi connectivity index (χ0v) is 37.1. The van der Waals surface area contributed by atoms with Gasteiger partial charge in [0.1, 0.15) is 0 Å². The van der Waals surface area contributed by atoms with E-state index in [1.165, 1.54) is 13.8 Å². The van der Waals surface area contributed by atoms with E-state index in [1.54, 1.807) is 37.4 Å². The van der Waals surface area contributed by atoms with Crippen molar-refractivity contribution in [1.29, 1.82) is 0 Å². The molecule has 4 heterocycles. The smallest absolute Gasteiger partial charge is 0.380 e. The zero-order valence-electron chi connectivity index (χ0n) is 37.1. The summed E-state index contributed by atoms with van der Waals surface area (Å²) in [7, 11) is 0. The summed E-state index contributed by atoms with van der Waals surface area (Å²) in [6.45, 7) is 2.73. The van der Waals surface area contributed by atoms with Gasteiger partial charge in [-0.2, -0.15) is 26.3 Å². The second-order valence-electron chi connectivity index (χ2n) is 18.0. The van der Waals surface area contributed by atoms with Crippen molar-refractivity contribution in [3.63, 3.8) is 0 Å². The Morgan fingerprint density at radius 3 is 1.33 bits per heavy atom. The molecule has 0 saturated heterocycles. The minimum Gasteiger partial charge on any atom is -0.380 e. The van der Waals surface area contributed by atoms with Gasteiger partial charge in [-0.05, 0) is 138 Å². The topological polar surface area (TPSA) is 166 Å². The van der Waals surface area contributed by atoms with Crippen molar-refractivity contribution in [2.75, 3.05) is 0 Å². The summed E-state index contributed by atoms with van der Waals surface area (Å²) in [4.78, 5) is 40.6. The maximum absolute atomic E-state index is 13.1. The number of hydrogen-bond acceptors (Lipinski definition) is 6. The molecule has 2 aromatic carbocycles. The second-order valence-corrected chi connectivity index (χ2v) is 18.0. The Bertz CT molecular complexity index is 2340. The first-order valence-corrected chi connectivity index (χ1v) is 22.8. The van der Waals surface area contributed by atoms with Crippen LogP contribution in [0.15, 0.2) is 86.2 Å². The molecule has 66 heavy (non-hydrogen) atoms. The lowest BCUT2D eigenvalue weighted by Crippen LogP contribution is -2.45. The molecule has 2 aliphatic rings. The van der Waals surface area contributed by atoms with Gasteiger partial charge < -0.3 is 39.9 Å². The molecule has 2 saturated carbocycles. The molecule has 2 fully saturated rings. The molecule has 2 unspecified atom stereocenters. The fraction of sp³-hybridized carbons (Fsp3) is 0.500. The van der Waals surface area contributed by atoms with Crippen molar-refractivity contribution in [3.05, 3.63) is 97.4 Å². The average Bonchev–Trinajstić information content (AvgIpc) is 4.15. The van der Waals surface area contributed by atoms with Crippen LogP contribution in [0.5, 0.6) is 0 Å². The number of alkyl halides is 6. The third kappa shape index (κ3) is 11.0. The summed E-state index contributed by atoms with van der Waals surface area (Å²) < 4.78 is 82.4. The molecule has 356 valence electrons. The fourth-order valence-electron chi connectivity index (χ4n) is 9.43. The van der Waals surface area contributed by atoms with Crippen LogP contribution in [-0.2, 0) is 0 Å². The van der Waals surface area contributed by atoms with Crippen LogP contribution < -0.4 is 10.6 Å². The van der Waals surface area contributed by atoms with Crippen LogP contribution in [0.3, 0.4) is 0 Å². The molecule has 2 amide bonds. The van der Waals surface area contributed by atoms with Gasteiger partial charge in [0.05, 0.1) is 34.8 Å². The largest absolute Gasteiger partial charge is 0.417 e. The maximum atomic E-state index is 13.1. The number of aliphatic hydroxyl groups is 2. The van der Waals surface area contributed by atoms with Crippen LogP contribution in [0.2, 0.25) is 0 Å². The average molecular weight is 925 g/mol. The predicted octanol–water partition coefficient (Wildman–Crippen LogP) is 10.3. The summed E-state index contributed by atoms with van der Waals surface area (Å²) in [5.41, 5.74) is -0.947. The highest BCUT2D eigenvalue weighted by Crippen LogP contribution is 2.41. The van der Waals surface area contributed by atoms with Crippen molar-refractivity contribution >= 4 is 33.6 Å². The molecule has 8 rings (SSSR count). The van der Waals surface area contributed by atoms with Gasteiger partial charge in [-0.1, -0.05) is 13.8 Å². The maximum Gasteiger partial charge on any atom is 0.417 e. The van der Waals surface area contributed by atoms with E-state index >= 15 is 0 Å².